The van der Waals surface area contributed by atoms with Crippen LogP contribution in [-0.2, 0) is 13.1 Å². The van der Waals surface area contributed by atoms with Crippen molar-refractivity contribution in [1.29, 1.82) is 0 Å². The van der Waals surface area contributed by atoms with Crippen molar-refractivity contribution in [2.45, 2.75) is 25.4 Å². The minimum absolute atomic E-state index is 0.253. The second-order valence-electron chi connectivity index (χ2n) is 4.76. The van der Waals surface area contributed by atoms with E-state index in [9.17, 15) is 4.39 Å². The third-order valence-electron chi connectivity index (χ3n) is 3.29. The maximum absolute atomic E-state index is 13.8. The Bertz CT molecular complexity index is 767. The van der Waals surface area contributed by atoms with Gasteiger partial charge in [0.05, 0.1) is 27.4 Å². The molecule has 4 nitrogen and oxygen atoms in total. The van der Waals surface area contributed by atoms with Gasteiger partial charge in [0.25, 0.3) is 0 Å². The van der Waals surface area contributed by atoms with Gasteiger partial charge in [0.2, 0.25) is 0 Å². The zero-order chi connectivity index (χ0) is 15.0. The molecule has 1 unspecified atom stereocenters. The zero-order valence-corrected chi connectivity index (χ0v) is 13.6. The maximum Gasteiger partial charge on any atom is 0.139 e. The van der Waals surface area contributed by atoms with E-state index in [-0.39, 0.29) is 11.2 Å². The van der Waals surface area contributed by atoms with Crippen LogP contribution in [-0.4, -0.2) is 19.3 Å². The van der Waals surface area contributed by atoms with Gasteiger partial charge in [-0.15, -0.1) is 11.6 Å². The number of hydrogen-bond donors (Lipinski definition) is 0. The average Bonchev–Trinajstić information content (AvgIpc) is 3.05. The number of halogens is 3. The summed E-state index contributed by atoms with van der Waals surface area (Å²) in [5.74, 6) is 0.424. The van der Waals surface area contributed by atoms with Crippen molar-refractivity contribution in [1.82, 2.24) is 19.3 Å². The molecule has 0 saturated heterocycles. The van der Waals surface area contributed by atoms with Gasteiger partial charge in [-0.25, -0.2) is 9.37 Å². The molecule has 0 fully saturated rings. The van der Waals surface area contributed by atoms with Gasteiger partial charge in [-0.3, -0.25) is 4.68 Å². The van der Waals surface area contributed by atoms with Crippen molar-refractivity contribution in [3.05, 3.63) is 46.7 Å². The van der Waals surface area contributed by atoms with E-state index >= 15 is 0 Å². The van der Waals surface area contributed by atoms with Gasteiger partial charge < -0.3 is 4.57 Å². The lowest BCUT2D eigenvalue weighted by molar-refractivity contribution is 0.527. The Balaban J connectivity index is 2.04. The van der Waals surface area contributed by atoms with Gasteiger partial charge in [-0.2, -0.15) is 5.10 Å². The number of imidazole rings is 1. The van der Waals surface area contributed by atoms with Crippen molar-refractivity contribution in [2.75, 3.05) is 0 Å². The second kappa shape index (κ2) is 5.77. The Morgan fingerprint density at radius 3 is 2.86 bits per heavy atom. The molecule has 2 aromatic heterocycles. The molecular weight excluding hydrogens is 359 g/mol. The van der Waals surface area contributed by atoms with E-state index in [1.807, 2.05) is 28.4 Å². The van der Waals surface area contributed by atoms with Gasteiger partial charge in [0, 0.05) is 25.0 Å². The van der Waals surface area contributed by atoms with E-state index in [0.29, 0.717) is 17.6 Å². The molecule has 21 heavy (non-hydrogen) atoms. The Labute approximate surface area is 134 Å². The van der Waals surface area contributed by atoms with Gasteiger partial charge in [0.15, 0.2) is 0 Å². The van der Waals surface area contributed by atoms with Crippen LogP contribution in [0.15, 0.2) is 35.1 Å². The third-order valence-corrected chi connectivity index (χ3v) is 4.09. The molecule has 0 saturated carbocycles. The number of nitrogens with zero attached hydrogens (tertiary/aromatic N) is 4. The Hall–Kier alpha value is -1.40. The molecule has 0 aliphatic carbocycles. The molecular formula is C14H13BrClFN4. The quantitative estimate of drug-likeness (QED) is 0.646. The van der Waals surface area contributed by atoms with E-state index in [2.05, 4.69) is 26.0 Å². The molecule has 0 radical (unpaired) electrons. The molecule has 0 aliphatic rings. The fourth-order valence-corrected chi connectivity index (χ4v) is 2.81. The van der Waals surface area contributed by atoms with Gasteiger partial charge >= 0.3 is 0 Å². The summed E-state index contributed by atoms with van der Waals surface area (Å²) in [4.78, 5) is 4.52. The number of benzene rings is 1. The van der Waals surface area contributed by atoms with E-state index in [0.717, 1.165) is 16.9 Å². The van der Waals surface area contributed by atoms with Crippen molar-refractivity contribution < 1.29 is 4.39 Å². The fourth-order valence-electron chi connectivity index (χ4n) is 2.31. The summed E-state index contributed by atoms with van der Waals surface area (Å²) < 4.78 is 18.0. The molecule has 0 aliphatic heterocycles. The lowest BCUT2D eigenvalue weighted by Gasteiger charge is -2.10. The number of alkyl halides is 1. The van der Waals surface area contributed by atoms with Crippen molar-refractivity contribution >= 4 is 38.6 Å². The second-order valence-corrected chi connectivity index (χ2v) is 6.27. The molecule has 1 aromatic carbocycles. The first-order valence-electron chi connectivity index (χ1n) is 6.53. The first kappa shape index (κ1) is 14.5. The third kappa shape index (κ3) is 2.82. The Morgan fingerprint density at radius 2 is 2.19 bits per heavy atom. The number of aryl methyl sites for hydroxylation is 2. The highest BCUT2D eigenvalue weighted by Crippen LogP contribution is 2.28. The van der Waals surface area contributed by atoms with E-state index in [1.54, 1.807) is 12.3 Å². The highest BCUT2D eigenvalue weighted by Gasteiger charge is 2.16. The van der Waals surface area contributed by atoms with Crippen molar-refractivity contribution in [3.63, 3.8) is 0 Å². The van der Waals surface area contributed by atoms with Crippen LogP contribution in [0.3, 0.4) is 0 Å². The fraction of sp³-hybridized carbons (Fsp3) is 0.286. The predicted molar refractivity (Wildman–Crippen MR) is 83.9 cm³/mol. The van der Waals surface area contributed by atoms with Gasteiger partial charge in [-0.05, 0) is 35.0 Å². The summed E-state index contributed by atoms with van der Waals surface area (Å²) in [6.07, 6.45) is 3.62. The van der Waals surface area contributed by atoms with Crippen LogP contribution in [0.25, 0.3) is 11.0 Å². The van der Waals surface area contributed by atoms with Crippen LogP contribution >= 0.6 is 27.5 Å². The van der Waals surface area contributed by atoms with Crippen molar-refractivity contribution in [2.24, 2.45) is 0 Å². The van der Waals surface area contributed by atoms with Crippen LogP contribution in [0.5, 0.6) is 0 Å². The number of fused-ring (bicyclic) bond motifs is 1. The summed E-state index contributed by atoms with van der Waals surface area (Å²) in [6, 6.07) is 5.03. The topological polar surface area (TPSA) is 35.6 Å². The molecule has 0 spiro atoms. The Morgan fingerprint density at radius 1 is 1.38 bits per heavy atom. The molecule has 7 heteroatoms. The van der Waals surface area contributed by atoms with Crippen LogP contribution in [0, 0.1) is 5.82 Å². The summed E-state index contributed by atoms with van der Waals surface area (Å²) in [5, 5.41) is 3.92. The van der Waals surface area contributed by atoms with Gasteiger partial charge in [0.1, 0.15) is 11.6 Å². The van der Waals surface area contributed by atoms with E-state index < -0.39 is 0 Å². The SMILES string of the molecule is CC(Cl)c1nc2cc(Br)c(F)cc2n1CCn1cccn1. The molecule has 1 atom stereocenters. The smallest absolute Gasteiger partial charge is 0.139 e. The molecule has 3 rings (SSSR count). The van der Waals surface area contributed by atoms with E-state index in [1.165, 1.54) is 6.07 Å². The summed E-state index contributed by atoms with van der Waals surface area (Å²) >= 11 is 9.40. The first-order valence-corrected chi connectivity index (χ1v) is 7.76. The molecule has 0 N–H and O–H groups in total. The molecule has 110 valence electrons. The number of hydrogen-bond acceptors (Lipinski definition) is 2. The highest BCUT2D eigenvalue weighted by molar-refractivity contribution is 9.10. The molecule has 0 bridgehead atoms. The summed E-state index contributed by atoms with van der Waals surface area (Å²) in [5.41, 5.74) is 1.47. The van der Waals surface area contributed by atoms with Crippen LogP contribution < -0.4 is 0 Å². The van der Waals surface area contributed by atoms with Crippen molar-refractivity contribution in [3.8, 4) is 0 Å². The average molecular weight is 372 g/mol. The molecule has 0 amide bonds. The lowest BCUT2D eigenvalue weighted by Crippen LogP contribution is -2.11. The molecule has 3 aromatic rings. The standard InChI is InChI=1S/C14H13BrClFN4/c1-9(16)14-19-12-7-10(15)11(17)8-13(12)21(14)6-5-20-4-2-3-18-20/h2-4,7-9H,5-6H2,1H3. The highest BCUT2D eigenvalue weighted by atomic mass is 79.9. The molecule has 2 heterocycles. The van der Waals surface area contributed by atoms with Crippen LogP contribution in [0.1, 0.15) is 18.1 Å². The van der Waals surface area contributed by atoms with Crippen LogP contribution in [0.2, 0.25) is 0 Å². The van der Waals surface area contributed by atoms with Crippen LogP contribution in [0.4, 0.5) is 4.39 Å². The maximum atomic E-state index is 13.8. The normalized spacial score (nSPS) is 13.0. The minimum atomic E-state index is -0.309. The number of rotatable bonds is 4. The first-order chi connectivity index (χ1) is 10.1. The zero-order valence-electron chi connectivity index (χ0n) is 11.3. The minimum Gasteiger partial charge on any atom is -0.325 e. The van der Waals surface area contributed by atoms with Gasteiger partial charge in [-0.1, -0.05) is 0 Å². The largest absolute Gasteiger partial charge is 0.325 e. The number of aromatic nitrogens is 4. The predicted octanol–water partition coefficient (Wildman–Crippen LogP) is 4.13. The summed E-state index contributed by atoms with van der Waals surface area (Å²) in [7, 11) is 0. The monoisotopic (exact) mass is 370 g/mol. The Kier molecular flexibility index (Phi) is 3.99. The summed E-state index contributed by atoms with van der Waals surface area (Å²) in [6.45, 7) is 3.16. The lowest BCUT2D eigenvalue weighted by atomic mass is 10.3. The van der Waals surface area contributed by atoms with E-state index in [4.69, 9.17) is 11.6 Å².